The lowest BCUT2D eigenvalue weighted by atomic mass is 10.2. The Kier molecular flexibility index (Phi) is 4.45. The van der Waals surface area contributed by atoms with Gasteiger partial charge in [0, 0.05) is 32.0 Å². The molecule has 0 saturated carbocycles. The normalized spacial score (nSPS) is 12.4. The molecule has 2 nitrogen and oxygen atoms in total. The zero-order valence-electron chi connectivity index (χ0n) is 8.99. The summed E-state index contributed by atoms with van der Waals surface area (Å²) in [5.41, 5.74) is 6.78. The van der Waals surface area contributed by atoms with Crippen molar-refractivity contribution in [2.45, 2.75) is 6.04 Å². The SMILES string of the molecule is NCC(Nc1cccc(Cl)c1)c1cc(Br)cs1. The summed E-state index contributed by atoms with van der Waals surface area (Å²) in [6.45, 7) is 0.541. The van der Waals surface area contributed by atoms with Crippen molar-refractivity contribution in [1.29, 1.82) is 0 Å². The summed E-state index contributed by atoms with van der Waals surface area (Å²) in [5, 5.41) is 6.15. The first kappa shape index (κ1) is 12.9. The smallest absolute Gasteiger partial charge is 0.0729 e. The maximum Gasteiger partial charge on any atom is 0.0729 e. The average molecular weight is 332 g/mol. The molecule has 1 aromatic heterocycles. The van der Waals surface area contributed by atoms with Gasteiger partial charge in [-0.1, -0.05) is 17.7 Å². The third kappa shape index (κ3) is 3.45. The van der Waals surface area contributed by atoms with E-state index in [9.17, 15) is 0 Å². The average Bonchev–Trinajstić information content (AvgIpc) is 2.73. The second kappa shape index (κ2) is 5.87. The monoisotopic (exact) mass is 330 g/mol. The molecule has 1 aromatic carbocycles. The van der Waals surface area contributed by atoms with Gasteiger partial charge in [-0.3, -0.25) is 0 Å². The molecule has 0 saturated heterocycles. The molecule has 0 fully saturated rings. The Morgan fingerprint density at radius 3 is 2.82 bits per heavy atom. The quantitative estimate of drug-likeness (QED) is 0.877. The molecule has 0 bridgehead atoms. The van der Waals surface area contributed by atoms with E-state index in [0.29, 0.717) is 6.54 Å². The van der Waals surface area contributed by atoms with E-state index in [4.69, 9.17) is 17.3 Å². The van der Waals surface area contributed by atoms with Crippen LogP contribution in [0.1, 0.15) is 10.9 Å². The number of rotatable bonds is 4. The Balaban J connectivity index is 2.15. The largest absolute Gasteiger partial charge is 0.376 e. The van der Waals surface area contributed by atoms with Crippen LogP contribution in [-0.2, 0) is 0 Å². The van der Waals surface area contributed by atoms with Crippen molar-refractivity contribution in [3.05, 3.63) is 50.1 Å². The van der Waals surface area contributed by atoms with E-state index >= 15 is 0 Å². The van der Waals surface area contributed by atoms with Crippen LogP contribution < -0.4 is 11.1 Å². The van der Waals surface area contributed by atoms with Crippen molar-refractivity contribution in [2.75, 3.05) is 11.9 Å². The van der Waals surface area contributed by atoms with Crippen LogP contribution in [0.15, 0.2) is 40.2 Å². The van der Waals surface area contributed by atoms with Crippen molar-refractivity contribution < 1.29 is 0 Å². The molecule has 1 unspecified atom stereocenters. The maximum atomic E-state index is 5.95. The van der Waals surface area contributed by atoms with Crippen molar-refractivity contribution in [3.63, 3.8) is 0 Å². The highest BCUT2D eigenvalue weighted by molar-refractivity contribution is 9.10. The summed E-state index contributed by atoms with van der Waals surface area (Å²) in [6.07, 6.45) is 0. The summed E-state index contributed by atoms with van der Waals surface area (Å²) in [7, 11) is 0. The van der Waals surface area contributed by atoms with E-state index in [0.717, 1.165) is 15.2 Å². The Hall–Kier alpha value is -0.550. The standard InChI is InChI=1S/C12H12BrClN2S/c13-8-4-12(17-7-8)11(6-15)16-10-3-1-2-9(14)5-10/h1-5,7,11,16H,6,15H2. The number of hydrogen-bond acceptors (Lipinski definition) is 3. The molecule has 0 spiro atoms. The highest BCUT2D eigenvalue weighted by Gasteiger charge is 2.11. The van der Waals surface area contributed by atoms with Gasteiger partial charge in [0.2, 0.25) is 0 Å². The number of nitrogens with one attached hydrogen (secondary N) is 1. The maximum absolute atomic E-state index is 5.95. The third-order valence-corrected chi connectivity index (χ3v) is 4.37. The third-order valence-electron chi connectivity index (χ3n) is 2.33. The second-order valence-corrected chi connectivity index (χ2v) is 5.91. The molecule has 3 N–H and O–H groups in total. The number of halogens is 2. The molecule has 17 heavy (non-hydrogen) atoms. The van der Waals surface area contributed by atoms with E-state index in [1.807, 2.05) is 24.3 Å². The molecule has 90 valence electrons. The summed E-state index contributed by atoms with van der Waals surface area (Å²) in [4.78, 5) is 1.21. The van der Waals surface area contributed by atoms with Gasteiger partial charge < -0.3 is 11.1 Å². The van der Waals surface area contributed by atoms with E-state index < -0.39 is 0 Å². The van der Waals surface area contributed by atoms with Crippen LogP contribution in [0.3, 0.4) is 0 Å². The summed E-state index contributed by atoms with van der Waals surface area (Å²) < 4.78 is 1.09. The van der Waals surface area contributed by atoms with Crippen LogP contribution >= 0.6 is 38.9 Å². The summed E-state index contributed by atoms with van der Waals surface area (Å²) in [6, 6.07) is 9.85. The fourth-order valence-corrected chi connectivity index (χ4v) is 3.24. The molecule has 2 aromatic rings. The number of thiophene rings is 1. The minimum atomic E-state index is 0.116. The molecule has 0 aliphatic heterocycles. The molecule has 5 heteroatoms. The number of benzene rings is 1. The van der Waals surface area contributed by atoms with Gasteiger partial charge in [-0.25, -0.2) is 0 Å². The zero-order valence-corrected chi connectivity index (χ0v) is 12.1. The molecular weight excluding hydrogens is 320 g/mol. The van der Waals surface area contributed by atoms with Gasteiger partial charge in [0.05, 0.1) is 6.04 Å². The molecule has 0 radical (unpaired) electrons. The molecule has 0 aliphatic carbocycles. The predicted octanol–water partition coefficient (Wildman–Crippen LogP) is 4.28. The van der Waals surface area contributed by atoms with Crippen LogP contribution in [0.25, 0.3) is 0 Å². The first-order valence-electron chi connectivity index (χ1n) is 5.15. The topological polar surface area (TPSA) is 38.0 Å². The second-order valence-electron chi connectivity index (χ2n) is 3.61. The highest BCUT2D eigenvalue weighted by Crippen LogP contribution is 2.28. The van der Waals surface area contributed by atoms with Crippen LogP contribution in [0.2, 0.25) is 5.02 Å². The Morgan fingerprint density at radius 1 is 1.41 bits per heavy atom. The Morgan fingerprint density at radius 2 is 2.24 bits per heavy atom. The van der Waals surface area contributed by atoms with Crippen molar-refractivity contribution in [3.8, 4) is 0 Å². The van der Waals surface area contributed by atoms with Gasteiger partial charge in [0.15, 0.2) is 0 Å². The first-order valence-corrected chi connectivity index (χ1v) is 7.20. The lowest BCUT2D eigenvalue weighted by molar-refractivity contribution is 0.805. The Labute approximate surface area is 118 Å². The minimum Gasteiger partial charge on any atom is -0.376 e. The van der Waals surface area contributed by atoms with E-state index in [-0.39, 0.29) is 6.04 Å². The van der Waals surface area contributed by atoms with Crippen molar-refractivity contribution in [2.24, 2.45) is 5.73 Å². The fourth-order valence-electron chi connectivity index (χ4n) is 1.54. The van der Waals surface area contributed by atoms with Gasteiger partial charge >= 0.3 is 0 Å². The summed E-state index contributed by atoms with van der Waals surface area (Å²) >= 11 is 11.1. The predicted molar refractivity (Wildman–Crippen MR) is 78.9 cm³/mol. The number of nitrogens with two attached hydrogens (primary N) is 1. The minimum absolute atomic E-state index is 0.116. The lowest BCUT2D eigenvalue weighted by Crippen LogP contribution is -2.19. The molecule has 2 rings (SSSR count). The van der Waals surface area contributed by atoms with Crippen LogP contribution in [0.5, 0.6) is 0 Å². The molecule has 1 heterocycles. The fraction of sp³-hybridized carbons (Fsp3) is 0.167. The van der Waals surface area contributed by atoms with Crippen molar-refractivity contribution in [1.82, 2.24) is 0 Å². The first-order chi connectivity index (χ1) is 8.19. The summed E-state index contributed by atoms with van der Waals surface area (Å²) in [5.74, 6) is 0. The van der Waals surface area contributed by atoms with Gasteiger partial charge in [-0.2, -0.15) is 0 Å². The number of hydrogen-bond donors (Lipinski definition) is 2. The molecular formula is C12H12BrClN2S. The van der Waals surface area contributed by atoms with E-state index in [2.05, 4.69) is 32.7 Å². The highest BCUT2D eigenvalue weighted by atomic mass is 79.9. The molecule has 0 amide bonds. The van der Waals surface area contributed by atoms with Gasteiger partial charge in [0.1, 0.15) is 0 Å². The van der Waals surface area contributed by atoms with Crippen molar-refractivity contribution >= 4 is 44.6 Å². The van der Waals surface area contributed by atoms with Gasteiger partial charge in [-0.15, -0.1) is 11.3 Å². The van der Waals surface area contributed by atoms with Gasteiger partial charge in [0.25, 0.3) is 0 Å². The number of anilines is 1. The van der Waals surface area contributed by atoms with Crippen LogP contribution in [0.4, 0.5) is 5.69 Å². The van der Waals surface area contributed by atoms with E-state index in [1.54, 1.807) is 11.3 Å². The van der Waals surface area contributed by atoms with Gasteiger partial charge in [-0.05, 0) is 40.2 Å². The van der Waals surface area contributed by atoms with Crippen LogP contribution in [-0.4, -0.2) is 6.54 Å². The van der Waals surface area contributed by atoms with E-state index in [1.165, 1.54) is 4.88 Å². The molecule has 0 aliphatic rings. The lowest BCUT2D eigenvalue weighted by Gasteiger charge is -2.16. The zero-order chi connectivity index (χ0) is 12.3. The Bertz CT molecular complexity index is 501. The van der Waals surface area contributed by atoms with Crippen LogP contribution in [0, 0.1) is 0 Å². The molecule has 1 atom stereocenters.